The zero-order valence-electron chi connectivity index (χ0n) is 11.0. The Bertz CT molecular complexity index is 204. The van der Waals surface area contributed by atoms with Crippen LogP contribution in [-0.4, -0.2) is 39.3 Å². The van der Waals surface area contributed by atoms with E-state index >= 15 is 0 Å². The van der Waals surface area contributed by atoms with Gasteiger partial charge >= 0.3 is 0 Å². The topological polar surface area (TPSA) is 50.4 Å². The molecule has 1 saturated carbocycles. The van der Waals surface area contributed by atoms with E-state index in [9.17, 15) is 4.79 Å². The van der Waals surface area contributed by atoms with Crippen molar-refractivity contribution in [2.75, 3.05) is 33.4 Å². The van der Waals surface area contributed by atoms with Crippen LogP contribution in [0.4, 0.5) is 0 Å². The van der Waals surface area contributed by atoms with E-state index in [2.05, 4.69) is 10.6 Å². The van der Waals surface area contributed by atoms with Crippen molar-refractivity contribution in [1.82, 2.24) is 10.6 Å². The predicted octanol–water partition coefficient (Wildman–Crippen LogP) is 1.31. The summed E-state index contributed by atoms with van der Waals surface area (Å²) < 4.78 is 4.88. The maximum Gasteiger partial charge on any atom is 0.233 e. The van der Waals surface area contributed by atoms with Gasteiger partial charge in [0.25, 0.3) is 0 Å². The average molecular weight is 242 g/mol. The molecule has 0 spiro atoms. The van der Waals surface area contributed by atoms with Crippen LogP contribution >= 0.6 is 0 Å². The number of methoxy groups -OCH3 is 1. The van der Waals surface area contributed by atoms with E-state index in [-0.39, 0.29) is 5.91 Å². The maximum absolute atomic E-state index is 11.4. The first-order valence-electron chi connectivity index (χ1n) is 6.79. The highest BCUT2D eigenvalue weighted by atomic mass is 16.5. The second-order valence-electron chi connectivity index (χ2n) is 4.81. The molecule has 0 heterocycles. The van der Waals surface area contributed by atoms with Crippen molar-refractivity contribution < 1.29 is 9.53 Å². The fourth-order valence-corrected chi connectivity index (χ4v) is 2.36. The fourth-order valence-electron chi connectivity index (χ4n) is 2.36. The summed E-state index contributed by atoms with van der Waals surface area (Å²) in [6.45, 7) is 2.59. The molecule has 4 heteroatoms. The highest BCUT2D eigenvalue weighted by Gasteiger charge is 2.13. The van der Waals surface area contributed by atoms with Crippen LogP contribution < -0.4 is 10.6 Å². The standard InChI is InChI=1S/C13H26N2O2/c1-17-10-9-14-11-13(16)15-8-4-7-12-5-2-3-6-12/h12,14H,2-11H2,1H3,(H,15,16). The van der Waals surface area contributed by atoms with Gasteiger partial charge in [-0.2, -0.15) is 0 Å². The minimum absolute atomic E-state index is 0.0903. The van der Waals surface area contributed by atoms with E-state index in [0.717, 1.165) is 25.4 Å². The Labute approximate surface area is 104 Å². The highest BCUT2D eigenvalue weighted by molar-refractivity contribution is 5.77. The summed E-state index contributed by atoms with van der Waals surface area (Å²) in [5, 5.41) is 5.97. The van der Waals surface area contributed by atoms with Crippen LogP contribution in [-0.2, 0) is 9.53 Å². The molecule has 1 aliphatic carbocycles. The van der Waals surface area contributed by atoms with Gasteiger partial charge in [-0.25, -0.2) is 0 Å². The minimum atomic E-state index is 0.0903. The van der Waals surface area contributed by atoms with Gasteiger partial charge in [0, 0.05) is 20.2 Å². The molecule has 17 heavy (non-hydrogen) atoms. The summed E-state index contributed by atoms with van der Waals surface area (Å²) >= 11 is 0. The van der Waals surface area contributed by atoms with Crippen molar-refractivity contribution in [1.29, 1.82) is 0 Å². The summed E-state index contributed by atoms with van der Waals surface area (Å²) in [6, 6.07) is 0. The third-order valence-corrected chi connectivity index (χ3v) is 3.35. The van der Waals surface area contributed by atoms with Crippen LogP contribution in [0.15, 0.2) is 0 Å². The molecule has 1 rings (SSSR count). The molecular formula is C13H26N2O2. The van der Waals surface area contributed by atoms with Crippen molar-refractivity contribution in [3.63, 3.8) is 0 Å². The van der Waals surface area contributed by atoms with Gasteiger partial charge in [-0.3, -0.25) is 4.79 Å². The summed E-state index contributed by atoms with van der Waals surface area (Å²) in [5.41, 5.74) is 0. The number of rotatable bonds is 9. The van der Waals surface area contributed by atoms with Gasteiger partial charge in [-0.15, -0.1) is 0 Å². The summed E-state index contributed by atoms with van der Waals surface area (Å²) in [6.07, 6.45) is 7.99. The van der Waals surface area contributed by atoms with Crippen molar-refractivity contribution in [2.45, 2.75) is 38.5 Å². The van der Waals surface area contributed by atoms with Crippen molar-refractivity contribution in [3.8, 4) is 0 Å². The molecule has 0 aromatic carbocycles. The van der Waals surface area contributed by atoms with Gasteiger partial charge < -0.3 is 15.4 Å². The van der Waals surface area contributed by atoms with Gasteiger partial charge in [-0.1, -0.05) is 25.7 Å². The van der Waals surface area contributed by atoms with Crippen LogP contribution in [0, 0.1) is 5.92 Å². The lowest BCUT2D eigenvalue weighted by Crippen LogP contribution is -2.35. The SMILES string of the molecule is COCCNCC(=O)NCCCC1CCCC1. The molecule has 0 aliphatic heterocycles. The molecule has 100 valence electrons. The molecule has 1 fully saturated rings. The summed E-state index contributed by atoms with van der Waals surface area (Å²) in [5.74, 6) is 1.01. The van der Waals surface area contributed by atoms with Gasteiger partial charge in [0.2, 0.25) is 5.91 Å². The van der Waals surface area contributed by atoms with Gasteiger partial charge in [0.15, 0.2) is 0 Å². The highest BCUT2D eigenvalue weighted by Crippen LogP contribution is 2.28. The minimum Gasteiger partial charge on any atom is -0.383 e. The Kier molecular flexibility index (Phi) is 8.01. The first kappa shape index (κ1) is 14.5. The second-order valence-corrected chi connectivity index (χ2v) is 4.81. The first-order valence-corrected chi connectivity index (χ1v) is 6.79. The zero-order chi connectivity index (χ0) is 12.3. The molecule has 0 aromatic heterocycles. The summed E-state index contributed by atoms with van der Waals surface area (Å²) in [7, 11) is 1.66. The van der Waals surface area contributed by atoms with Crippen LogP contribution in [0.2, 0.25) is 0 Å². The average Bonchev–Trinajstić information content (AvgIpc) is 2.83. The molecule has 0 saturated heterocycles. The Morgan fingerprint density at radius 3 is 2.76 bits per heavy atom. The molecular weight excluding hydrogens is 216 g/mol. The molecule has 2 N–H and O–H groups in total. The van der Waals surface area contributed by atoms with Crippen molar-refractivity contribution in [2.24, 2.45) is 5.92 Å². The summed E-state index contributed by atoms with van der Waals surface area (Å²) in [4.78, 5) is 11.4. The maximum atomic E-state index is 11.4. The number of nitrogens with one attached hydrogen (secondary N) is 2. The van der Waals surface area contributed by atoms with E-state index in [0.29, 0.717) is 13.2 Å². The lowest BCUT2D eigenvalue weighted by molar-refractivity contribution is -0.120. The molecule has 0 radical (unpaired) electrons. The van der Waals surface area contributed by atoms with Crippen LogP contribution in [0.1, 0.15) is 38.5 Å². The third-order valence-electron chi connectivity index (χ3n) is 3.35. The van der Waals surface area contributed by atoms with E-state index in [1.54, 1.807) is 7.11 Å². The van der Waals surface area contributed by atoms with E-state index in [1.807, 2.05) is 0 Å². The second kappa shape index (κ2) is 9.42. The Hall–Kier alpha value is -0.610. The Balaban J connectivity index is 1.85. The van der Waals surface area contributed by atoms with E-state index in [1.165, 1.54) is 32.1 Å². The fraction of sp³-hybridized carbons (Fsp3) is 0.923. The number of carbonyl (C=O) groups is 1. The molecule has 1 aliphatic rings. The van der Waals surface area contributed by atoms with Gasteiger partial charge in [-0.05, 0) is 18.8 Å². The molecule has 4 nitrogen and oxygen atoms in total. The Morgan fingerprint density at radius 1 is 1.29 bits per heavy atom. The predicted molar refractivity (Wildman–Crippen MR) is 68.9 cm³/mol. The zero-order valence-corrected chi connectivity index (χ0v) is 11.0. The van der Waals surface area contributed by atoms with Gasteiger partial charge in [0.1, 0.15) is 0 Å². The van der Waals surface area contributed by atoms with Crippen molar-refractivity contribution >= 4 is 5.91 Å². The first-order chi connectivity index (χ1) is 8.33. The molecule has 0 bridgehead atoms. The third kappa shape index (κ3) is 7.34. The Morgan fingerprint density at radius 2 is 2.06 bits per heavy atom. The number of ether oxygens (including phenoxy) is 1. The molecule has 0 atom stereocenters. The lowest BCUT2D eigenvalue weighted by Gasteiger charge is -2.09. The molecule has 1 amide bonds. The van der Waals surface area contributed by atoms with Gasteiger partial charge in [0.05, 0.1) is 13.2 Å². The lowest BCUT2D eigenvalue weighted by atomic mass is 10.0. The van der Waals surface area contributed by atoms with Crippen LogP contribution in [0.3, 0.4) is 0 Å². The number of amides is 1. The van der Waals surface area contributed by atoms with E-state index < -0.39 is 0 Å². The largest absolute Gasteiger partial charge is 0.383 e. The number of hydrogen-bond acceptors (Lipinski definition) is 3. The molecule has 0 aromatic rings. The normalized spacial score (nSPS) is 16.3. The van der Waals surface area contributed by atoms with Crippen LogP contribution in [0.5, 0.6) is 0 Å². The van der Waals surface area contributed by atoms with E-state index in [4.69, 9.17) is 4.74 Å². The number of carbonyl (C=O) groups excluding carboxylic acids is 1. The number of hydrogen-bond donors (Lipinski definition) is 2. The molecule has 0 unspecified atom stereocenters. The smallest absolute Gasteiger partial charge is 0.233 e. The quantitative estimate of drug-likeness (QED) is 0.599. The monoisotopic (exact) mass is 242 g/mol. The van der Waals surface area contributed by atoms with Crippen LogP contribution in [0.25, 0.3) is 0 Å². The van der Waals surface area contributed by atoms with Crippen molar-refractivity contribution in [3.05, 3.63) is 0 Å².